The molecule has 7 heteroatoms. The Morgan fingerprint density at radius 1 is 1.32 bits per heavy atom. The number of pyridine rings is 1. The van der Waals surface area contributed by atoms with E-state index in [1.165, 1.54) is 6.33 Å². The first-order valence-corrected chi connectivity index (χ1v) is 6.96. The number of methoxy groups -OCH3 is 1. The summed E-state index contributed by atoms with van der Waals surface area (Å²) in [6, 6.07) is 9.25. The van der Waals surface area contributed by atoms with E-state index in [9.17, 15) is 4.79 Å². The van der Waals surface area contributed by atoms with E-state index < -0.39 is 0 Å². The van der Waals surface area contributed by atoms with E-state index in [1.807, 2.05) is 24.3 Å². The molecule has 0 aliphatic heterocycles. The molecule has 0 amide bonds. The lowest BCUT2D eigenvalue weighted by atomic mass is 10.2. The molecule has 2 aromatic heterocycles. The number of halogens is 1. The molecule has 3 aromatic rings. The molecule has 2 heterocycles. The number of benzene rings is 1. The second-order valence-electron chi connectivity index (χ2n) is 4.62. The number of rotatable bonds is 4. The summed E-state index contributed by atoms with van der Waals surface area (Å²) in [6.45, 7) is 0.528. The highest BCUT2D eigenvalue weighted by Crippen LogP contribution is 2.23. The molecule has 0 atom stereocenters. The van der Waals surface area contributed by atoms with Crippen molar-refractivity contribution in [1.82, 2.24) is 15.0 Å². The number of nitrogens with zero attached hydrogens (tertiary/aromatic N) is 2. The third-order valence-corrected chi connectivity index (χ3v) is 3.48. The Balaban J connectivity index is 1.85. The van der Waals surface area contributed by atoms with Gasteiger partial charge in [-0.2, -0.15) is 0 Å². The van der Waals surface area contributed by atoms with Crippen LogP contribution in [0.25, 0.3) is 11.0 Å². The van der Waals surface area contributed by atoms with E-state index in [2.05, 4.69) is 20.3 Å². The Hall–Kier alpha value is -2.60. The summed E-state index contributed by atoms with van der Waals surface area (Å²) in [5.74, 6) is 1.24. The summed E-state index contributed by atoms with van der Waals surface area (Å²) in [7, 11) is 1.62. The Labute approximate surface area is 131 Å². The van der Waals surface area contributed by atoms with Gasteiger partial charge in [-0.05, 0) is 23.8 Å². The van der Waals surface area contributed by atoms with E-state index in [1.54, 1.807) is 13.2 Å². The van der Waals surface area contributed by atoms with Crippen LogP contribution in [0.4, 0.5) is 5.82 Å². The average molecular weight is 317 g/mol. The Morgan fingerprint density at radius 2 is 2.09 bits per heavy atom. The molecule has 0 bridgehead atoms. The van der Waals surface area contributed by atoms with E-state index >= 15 is 0 Å². The van der Waals surface area contributed by atoms with Crippen molar-refractivity contribution < 1.29 is 4.74 Å². The van der Waals surface area contributed by atoms with Gasteiger partial charge in [0.25, 0.3) is 5.56 Å². The highest BCUT2D eigenvalue weighted by atomic mass is 35.5. The third kappa shape index (κ3) is 2.87. The van der Waals surface area contributed by atoms with Gasteiger partial charge in [0, 0.05) is 6.54 Å². The first-order chi connectivity index (χ1) is 10.7. The van der Waals surface area contributed by atoms with Gasteiger partial charge >= 0.3 is 0 Å². The molecule has 0 saturated heterocycles. The van der Waals surface area contributed by atoms with Crippen molar-refractivity contribution in [3.05, 3.63) is 57.6 Å². The second kappa shape index (κ2) is 6.03. The van der Waals surface area contributed by atoms with Gasteiger partial charge in [-0.15, -0.1) is 0 Å². The summed E-state index contributed by atoms with van der Waals surface area (Å²) in [5.41, 5.74) is 1.46. The Bertz CT molecular complexity index is 862. The van der Waals surface area contributed by atoms with Gasteiger partial charge < -0.3 is 15.0 Å². The van der Waals surface area contributed by atoms with Crippen molar-refractivity contribution >= 4 is 28.5 Å². The monoisotopic (exact) mass is 316 g/mol. The number of nitrogens with one attached hydrogen (secondary N) is 2. The molecule has 0 radical (unpaired) electrons. The zero-order valence-corrected chi connectivity index (χ0v) is 12.5. The fourth-order valence-electron chi connectivity index (χ4n) is 2.03. The number of aromatic nitrogens is 3. The minimum atomic E-state index is -0.297. The normalized spacial score (nSPS) is 10.6. The SMILES string of the molecule is COc1ccc(CNc2nc3c(=O)[nH]cnc3cc2Cl)cc1. The molecule has 0 spiro atoms. The molecule has 0 fully saturated rings. The predicted octanol–water partition coefficient (Wildman–Crippen LogP) is 2.59. The van der Waals surface area contributed by atoms with Crippen molar-refractivity contribution in [2.24, 2.45) is 0 Å². The molecule has 6 nitrogen and oxygen atoms in total. The largest absolute Gasteiger partial charge is 0.497 e. The second-order valence-corrected chi connectivity index (χ2v) is 5.03. The topological polar surface area (TPSA) is 79.9 Å². The molecule has 0 unspecified atom stereocenters. The van der Waals surface area contributed by atoms with Crippen LogP contribution in [0.5, 0.6) is 5.75 Å². The zero-order chi connectivity index (χ0) is 15.5. The first-order valence-electron chi connectivity index (χ1n) is 6.58. The van der Waals surface area contributed by atoms with Crippen molar-refractivity contribution in [3.8, 4) is 5.75 Å². The third-order valence-electron chi connectivity index (χ3n) is 3.19. The molecule has 2 N–H and O–H groups in total. The van der Waals surface area contributed by atoms with Crippen LogP contribution in [0.2, 0.25) is 5.02 Å². The van der Waals surface area contributed by atoms with Crippen LogP contribution in [0.3, 0.4) is 0 Å². The van der Waals surface area contributed by atoms with Gasteiger partial charge in [0.05, 0.1) is 24.0 Å². The van der Waals surface area contributed by atoms with Crippen LogP contribution >= 0.6 is 11.6 Å². The number of fused-ring (bicyclic) bond motifs is 1. The highest BCUT2D eigenvalue weighted by Gasteiger charge is 2.08. The molecule has 0 saturated carbocycles. The zero-order valence-electron chi connectivity index (χ0n) is 11.8. The molecule has 3 rings (SSSR count). The van der Waals surface area contributed by atoms with E-state index in [4.69, 9.17) is 16.3 Å². The fourth-order valence-corrected chi connectivity index (χ4v) is 2.24. The van der Waals surface area contributed by atoms with Crippen molar-refractivity contribution in [2.75, 3.05) is 12.4 Å². The van der Waals surface area contributed by atoms with E-state index in [0.29, 0.717) is 22.9 Å². The molecule has 0 aliphatic rings. The average Bonchev–Trinajstić information content (AvgIpc) is 2.54. The number of H-pyrrole nitrogens is 1. The summed E-state index contributed by atoms with van der Waals surface area (Å²) in [4.78, 5) is 22.5. The maximum Gasteiger partial charge on any atom is 0.277 e. The summed E-state index contributed by atoms with van der Waals surface area (Å²) < 4.78 is 5.11. The van der Waals surface area contributed by atoms with Crippen LogP contribution in [0, 0.1) is 0 Å². The molecule has 1 aromatic carbocycles. The van der Waals surface area contributed by atoms with Crippen molar-refractivity contribution in [3.63, 3.8) is 0 Å². The number of ether oxygens (including phenoxy) is 1. The maximum atomic E-state index is 11.7. The predicted molar refractivity (Wildman–Crippen MR) is 85.5 cm³/mol. The van der Waals surface area contributed by atoms with Crippen LogP contribution in [-0.4, -0.2) is 22.1 Å². The van der Waals surface area contributed by atoms with E-state index in [-0.39, 0.29) is 11.1 Å². The number of anilines is 1. The lowest BCUT2D eigenvalue weighted by molar-refractivity contribution is 0.414. The van der Waals surface area contributed by atoms with Crippen molar-refractivity contribution in [2.45, 2.75) is 6.54 Å². The Kier molecular flexibility index (Phi) is 3.93. The summed E-state index contributed by atoms with van der Waals surface area (Å²) in [6.07, 6.45) is 1.33. The van der Waals surface area contributed by atoms with Crippen LogP contribution < -0.4 is 15.6 Å². The van der Waals surface area contributed by atoms with Gasteiger partial charge in [-0.3, -0.25) is 4.79 Å². The van der Waals surface area contributed by atoms with Gasteiger partial charge in [0.15, 0.2) is 5.52 Å². The van der Waals surface area contributed by atoms with Crippen LogP contribution in [0.15, 0.2) is 41.5 Å². The highest BCUT2D eigenvalue weighted by molar-refractivity contribution is 6.33. The smallest absolute Gasteiger partial charge is 0.277 e. The quantitative estimate of drug-likeness (QED) is 0.773. The van der Waals surface area contributed by atoms with Crippen molar-refractivity contribution in [1.29, 1.82) is 0 Å². The molecular weight excluding hydrogens is 304 g/mol. The molecule has 112 valence electrons. The summed E-state index contributed by atoms with van der Waals surface area (Å²) >= 11 is 6.17. The van der Waals surface area contributed by atoms with Gasteiger partial charge in [-0.25, -0.2) is 9.97 Å². The first kappa shape index (κ1) is 14.3. The number of hydrogen-bond acceptors (Lipinski definition) is 5. The van der Waals surface area contributed by atoms with Gasteiger partial charge in [0.2, 0.25) is 0 Å². The minimum absolute atomic E-state index is 0.254. The van der Waals surface area contributed by atoms with Gasteiger partial charge in [0.1, 0.15) is 11.6 Å². The molecule has 0 aliphatic carbocycles. The lowest BCUT2D eigenvalue weighted by Crippen LogP contribution is -2.10. The summed E-state index contributed by atoms with van der Waals surface area (Å²) in [5, 5.41) is 3.54. The molecule has 22 heavy (non-hydrogen) atoms. The van der Waals surface area contributed by atoms with Gasteiger partial charge in [-0.1, -0.05) is 23.7 Å². The molecular formula is C15H13ClN4O2. The minimum Gasteiger partial charge on any atom is -0.497 e. The number of aromatic amines is 1. The maximum absolute atomic E-state index is 11.7. The fraction of sp³-hybridized carbons (Fsp3) is 0.133. The van der Waals surface area contributed by atoms with Crippen LogP contribution in [-0.2, 0) is 6.54 Å². The number of hydrogen-bond donors (Lipinski definition) is 2. The van der Waals surface area contributed by atoms with E-state index in [0.717, 1.165) is 11.3 Å². The Morgan fingerprint density at radius 3 is 2.82 bits per heavy atom. The lowest BCUT2D eigenvalue weighted by Gasteiger charge is -2.09. The van der Waals surface area contributed by atoms with Crippen LogP contribution in [0.1, 0.15) is 5.56 Å². The standard InChI is InChI=1S/C15H13ClN4O2/c1-22-10-4-2-9(3-5-10)7-17-14-11(16)6-12-13(20-14)15(21)19-8-18-12/h2-6,8H,7H2,1H3,(H,17,20)(H,18,19,21).